The topological polar surface area (TPSA) is 32.3 Å². The van der Waals surface area contributed by atoms with Gasteiger partial charge in [0, 0.05) is 12.1 Å². The smallest absolute Gasteiger partial charge is 0.251 e. The lowest BCUT2D eigenvalue weighted by Crippen LogP contribution is -2.29. The Kier molecular flexibility index (Phi) is 5.87. The summed E-state index contributed by atoms with van der Waals surface area (Å²) in [4.78, 5) is 15.0. The summed E-state index contributed by atoms with van der Waals surface area (Å²) in [5.74, 6) is -0.0136. The lowest BCUT2D eigenvalue weighted by atomic mass is 10.0. The van der Waals surface area contributed by atoms with Crippen LogP contribution in [0.1, 0.15) is 59.3 Å². The first-order valence-electron chi connectivity index (χ1n) is 9.31. The minimum Gasteiger partial charge on any atom is -0.346 e. The Bertz CT molecular complexity index is 702. The van der Waals surface area contributed by atoms with Gasteiger partial charge < -0.3 is 5.32 Å². The maximum absolute atomic E-state index is 12.5. The second-order valence-corrected chi connectivity index (χ2v) is 7.09. The molecule has 3 nitrogen and oxygen atoms in total. The number of rotatable bonds is 5. The van der Waals surface area contributed by atoms with Crippen molar-refractivity contribution in [2.45, 2.75) is 45.7 Å². The Balaban J connectivity index is 1.59. The van der Waals surface area contributed by atoms with Crippen LogP contribution in [0.15, 0.2) is 48.5 Å². The van der Waals surface area contributed by atoms with Crippen molar-refractivity contribution in [3.8, 4) is 0 Å². The van der Waals surface area contributed by atoms with Crippen molar-refractivity contribution in [1.82, 2.24) is 10.2 Å². The molecule has 1 fully saturated rings. The van der Waals surface area contributed by atoms with Crippen molar-refractivity contribution in [3.63, 3.8) is 0 Å². The van der Waals surface area contributed by atoms with Crippen molar-refractivity contribution < 1.29 is 4.79 Å². The van der Waals surface area contributed by atoms with Gasteiger partial charge in [-0.15, -0.1) is 0 Å². The van der Waals surface area contributed by atoms with Crippen molar-refractivity contribution >= 4 is 5.91 Å². The van der Waals surface area contributed by atoms with Crippen molar-refractivity contribution in [1.29, 1.82) is 0 Å². The molecule has 0 bridgehead atoms. The number of amides is 1. The average Bonchev–Trinajstić information content (AvgIpc) is 2.63. The number of benzene rings is 2. The summed E-state index contributed by atoms with van der Waals surface area (Å²) in [6, 6.07) is 16.2. The molecule has 2 aromatic carbocycles. The number of carbonyl (C=O) groups excluding carboxylic acids is 1. The molecule has 1 aliphatic heterocycles. The molecule has 3 heteroatoms. The minimum atomic E-state index is -0.0136. The summed E-state index contributed by atoms with van der Waals surface area (Å²) in [5, 5.41) is 3.10. The fourth-order valence-corrected chi connectivity index (χ4v) is 3.57. The number of piperidine rings is 1. The van der Waals surface area contributed by atoms with Gasteiger partial charge in [-0.1, -0.05) is 42.8 Å². The van der Waals surface area contributed by atoms with Crippen LogP contribution in [0.3, 0.4) is 0 Å². The van der Waals surface area contributed by atoms with Gasteiger partial charge in [0.1, 0.15) is 0 Å². The highest BCUT2D eigenvalue weighted by Crippen LogP contribution is 2.18. The maximum atomic E-state index is 12.5. The molecule has 0 radical (unpaired) electrons. The highest BCUT2D eigenvalue weighted by atomic mass is 16.1. The number of nitrogens with zero attached hydrogens (tertiary/aromatic N) is 1. The van der Waals surface area contributed by atoms with Crippen LogP contribution >= 0.6 is 0 Å². The Morgan fingerprint density at radius 1 is 1.04 bits per heavy atom. The molecular weight excluding hydrogens is 308 g/mol. The van der Waals surface area contributed by atoms with Crippen LogP contribution in [0, 0.1) is 6.92 Å². The third-order valence-electron chi connectivity index (χ3n) is 5.07. The van der Waals surface area contributed by atoms with Crippen molar-refractivity contribution in [2.75, 3.05) is 13.1 Å². The van der Waals surface area contributed by atoms with Gasteiger partial charge in [0.25, 0.3) is 5.91 Å². The van der Waals surface area contributed by atoms with Crippen LogP contribution in [-0.4, -0.2) is 23.9 Å². The van der Waals surface area contributed by atoms with E-state index in [1.807, 2.05) is 31.2 Å². The molecule has 1 aliphatic rings. The van der Waals surface area contributed by atoms with Crippen LogP contribution in [0.2, 0.25) is 0 Å². The fraction of sp³-hybridized carbons (Fsp3) is 0.409. The zero-order valence-electron chi connectivity index (χ0n) is 15.3. The molecule has 0 aromatic heterocycles. The Labute approximate surface area is 151 Å². The largest absolute Gasteiger partial charge is 0.346 e. The molecule has 0 saturated carbocycles. The highest BCUT2D eigenvalue weighted by Gasteiger charge is 2.14. The van der Waals surface area contributed by atoms with Gasteiger partial charge in [0.15, 0.2) is 0 Å². The zero-order valence-corrected chi connectivity index (χ0v) is 15.3. The standard InChI is InChI=1S/C22H28N2O/c1-17-8-4-5-9-21(17)18(2)23-22(25)20-12-10-19(11-13-20)16-24-14-6-3-7-15-24/h4-5,8-13,18H,3,6-7,14-16H2,1-2H3,(H,23,25). The van der Waals surface area contributed by atoms with Gasteiger partial charge in [0.2, 0.25) is 0 Å². The minimum absolute atomic E-state index is 0.00160. The Morgan fingerprint density at radius 2 is 1.72 bits per heavy atom. The molecule has 25 heavy (non-hydrogen) atoms. The lowest BCUT2D eigenvalue weighted by molar-refractivity contribution is 0.0940. The van der Waals surface area contributed by atoms with Crippen LogP contribution < -0.4 is 5.32 Å². The second-order valence-electron chi connectivity index (χ2n) is 7.09. The fourth-order valence-electron chi connectivity index (χ4n) is 3.57. The molecular formula is C22H28N2O. The first-order valence-corrected chi connectivity index (χ1v) is 9.31. The Morgan fingerprint density at radius 3 is 2.40 bits per heavy atom. The van der Waals surface area contributed by atoms with E-state index in [1.165, 1.54) is 43.5 Å². The summed E-state index contributed by atoms with van der Waals surface area (Å²) < 4.78 is 0. The number of nitrogens with one attached hydrogen (secondary N) is 1. The lowest BCUT2D eigenvalue weighted by Gasteiger charge is -2.26. The van der Waals surface area contributed by atoms with Crippen LogP contribution in [0.25, 0.3) is 0 Å². The van der Waals surface area contributed by atoms with Gasteiger partial charge in [-0.25, -0.2) is 0 Å². The van der Waals surface area contributed by atoms with Crippen LogP contribution in [-0.2, 0) is 6.54 Å². The number of carbonyl (C=O) groups is 1. The molecule has 1 atom stereocenters. The predicted molar refractivity (Wildman–Crippen MR) is 103 cm³/mol. The molecule has 132 valence electrons. The van der Waals surface area contributed by atoms with E-state index in [1.54, 1.807) is 0 Å². The number of likely N-dealkylation sites (tertiary alicyclic amines) is 1. The Hall–Kier alpha value is -2.13. The molecule has 0 spiro atoms. The van der Waals surface area contributed by atoms with E-state index in [0.29, 0.717) is 0 Å². The van der Waals surface area contributed by atoms with Gasteiger partial charge in [-0.3, -0.25) is 9.69 Å². The number of aryl methyl sites for hydroxylation is 1. The molecule has 3 rings (SSSR count). The van der Waals surface area contributed by atoms with E-state index >= 15 is 0 Å². The third-order valence-corrected chi connectivity index (χ3v) is 5.07. The summed E-state index contributed by atoms with van der Waals surface area (Å²) in [6.45, 7) is 7.48. The van der Waals surface area contributed by atoms with Gasteiger partial charge in [-0.05, 0) is 68.6 Å². The van der Waals surface area contributed by atoms with Gasteiger partial charge in [-0.2, -0.15) is 0 Å². The maximum Gasteiger partial charge on any atom is 0.251 e. The van der Waals surface area contributed by atoms with E-state index in [-0.39, 0.29) is 11.9 Å². The zero-order chi connectivity index (χ0) is 17.6. The molecule has 0 aliphatic carbocycles. The van der Waals surface area contributed by atoms with Crippen LogP contribution in [0.4, 0.5) is 0 Å². The number of hydrogen-bond donors (Lipinski definition) is 1. The third kappa shape index (κ3) is 4.70. The highest BCUT2D eigenvalue weighted by molar-refractivity contribution is 5.94. The van der Waals surface area contributed by atoms with Crippen molar-refractivity contribution in [3.05, 3.63) is 70.8 Å². The van der Waals surface area contributed by atoms with Gasteiger partial charge in [0.05, 0.1) is 6.04 Å². The molecule has 1 heterocycles. The summed E-state index contributed by atoms with van der Waals surface area (Å²) in [6.07, 6.45) is 3.96. The molecule has 1 saturated heterocycles. The van der Waals surface area contributed by atoms with Gasteiger partial charge >= 0.3 is 0 Å². The molecule has 2 aromatic rings. The van der Waals surface area contributed by atoms with E-state index in [0.717, 1.165) is 17.7 Å². The summed E-state index contributed by atoms with van der Waals surface area (Å²) >= 11 is 0. The average molecular weight is 336 g/mol. The first-order chi connectivity index (χ1) is 12.1. The van der Waals surface area contributed by atoms with Crippen molar-refractivity contribution in [2.24, 2.45) is 0 Å². The molecule has 1 N–H and O–H groups in total. The SMILES string of the molecule is Cc1ccccc1C(C)NC(=O)c1ccc(CN2CCCCC2)cc1. The second kappa shape index (κ2) is 8.30. The molecule has 1 amide bonds. The summed E-state index contributed by atoms with van der Waals surface area (Å²) in [5.41, 5.74) is 4.37. The van der Waals surface area contributed by atoms with E-state index in [9.17, 15) is 4.79 Å². The first kappa shape index (κ1) is 17.7. The number of hydrogen-bond acceptors (Lipinski definition) is 2. The predicted octanol–water partition coefficient (Wildman–Crippen LogP) is 4.47. The molecule has 1 unspecified atom stereocenters. The normalized spacial score (nSPS) is 16.4. The van der Waals surface area contributed by atoms with E-state index in [2.05, 4.69) is 41.4 Å². The quantitative estimate of drug-likeness (QED) is 0.873. The van der Waals surface area contributed by atoms with Crippen LogP contribution in [0.5, 0.6) is 0 Å². The monoisotopic (exact) mass is 336 g/mol. The van der Waals surface area contributed by atoms with E-state index < -0.39 is 0 Å². The van der Waals surface area contributed by atoms with E-state index in [4.69, 9.17) is 0 Å². The summed E-state index contributed by atoms with van der Waals surface area (Å²) in [7, 11) is 0.